The molecule has 0 saturated heterocycles. The average Bonchev–Trinajstić information content (AvgIpc) is 2.87. The average molecular weight is 278 g/mol. The van der Waals surface area contributed by atoms with Crippen LogP contribution in [-0.2, 0) is 11.3 Å². The summed E-state index contributed by atoms with van der Waals surface area (Å²) in [5.41, 5.74) is 6.13. The quantitative estimate of drug-likeness (QED) is 0.808. The highest BCUT2D eigenvalue weighted by Crippen LogP contribution is 2.22. The Labute approximate surface area is 114 Å². The van der Waals surface area contributed by atoms with Crippen LogP contribution in [0.3, 0.4) is 0 Å². The summed E-state index contributed by atoms with van der Waals surface area (Å²) in [6.45, 7) is 1.97. The highest BCUT2D eigenvalue weighted by molar-refractivity contribution is 8.00. The summed E-state index contributed by atoms with van der Waals surface area (Å²) in [7, 11) is 0. The maximum atomic E-state index is 11.9. The zero-order chi connectivity index (χ0) is 13.7. The number of nitrogens with zero attached hydrogens (tertiary/aromatic N) is 2. The third-order valence-corrected chi connectivity index (χ3v) is 3.25. The van der Waals surface area contributed by atoms with E-state index in [0.717, 1.165) is 5.69 Å². The highest BCUT2D eigenvalue weighted by Gasteiger charge is 2.18. The van der Waals surface area contributed by atoms with Crippen LogP contribution in [0, 0.1) is 0 Å². The van der Waals surface area contributed by atoms with Gasteiger partial charge in [-0.15, -0.1) is 10.2 Å². The van der Waals surface area contributed by atoms with Gasteiger partial charge < -0.3 is 15.5 Å². The van der Waals surface area contributed by atoms with Crippen LogP contribution in [0.2, 0.25) is 0 Å². The van der Waals surface area contributed by atoms with Crippen molar-refractivity contribution in [3.8, 4) is 0 Å². The minimum absolute atomic E-state index is 0.122. The largest absolute Gasteiger partial charge is 0.415 e. The van der Waals surface area contributed by atoms with Crippen LogP contribution < -0.4 is 11.1 Å². The smallest absolute Gasteiger partial charge is 0.277 e. The molecular weight excluding hydrogens is 264 g/mol. The molecule has 0 aliphatic carbocycles. The molecule has 6 nitrogen and oxygen atoms in total. The van der Waals surface area contributed by atoms with Crippen LogP contribution in [0.5, 0.6) is 0 Å². The van der Waals surface area contributed by atoms with Gasteiger partial charge in [0.1, 0.15) is 0 Å². The molecule has 0 bridgehead atoms. The molecule has 1 atom stereocenters. The number of carbonyl (C=O) groups is 1. The molecule has 1 heterocycles. The van der Waals surface area contributed by atoms with Crippen LogP contribution >= 0.6 is 11.8 Å². The standard InChI is InChI=1S/C12H14N4O2S/c1-8(19-12-16-15-10(7-13)18-12)11(17)14-9-5-3-2-4-6-9/h2-6,8H,7,13H2,1H3,(H,14,17). The molecular formula is C12H14N4O2S. The molecule has 0 spiro atoms. The van der Waals surface area contributed by atoms with Gasteiger partial charge in [0.2, 0.25) is 11.8 Å². The van der Waals surface area contributed by atoms with Crippen LogP contribution in [0.4, 0.5) is 5.69 Å². The van der Waals surface area contributed by atoms with Crippen molar-refractivity contribution in [2.45, 2.75) is 23.9 Å². The summed E-state index contributed by atoms with van der Waals surface area (Å²) < 4.78 is 5.24. The van der Waals surface area contributed by atoms with Crippen LogP contribution in [0.15, 0.2) is 40.0 Å². The number of anilines is 1. The molecule has 7 heteroatoms. The van der Waals surface area contributed by atoms with Gasteiger partial charge in [0.25, 0.3) is 5.22 Å². The number of hydrogen-bond acceptors (Lipinski definition) is 6. The molecule has 3 N–H and O–H groups in total. The molecule has 0 radical (unpaired) electrons. The number of carbonyl (C=O) groups excluding carboxylic acids is 1. The molecule has 0 aliphatic rings. The van der Waals surface area contributed by atoms with Crippen molar-refractivity contribution in [2.75, 3.05) is 5.32 Å². The van der Waals surface area contributed by atoms with Crippen molar-refractivity contribution >= 4 is 23.4 Å². The van der Waals surface area contributed by atoms with Gasteiger partial charge in [-0.3, -0.25) is 4.79 Å². The van der Waals surface area contributed by atoms with Crippen LogP contribution in [0.1, 0.15) is 12.8 Å². The van der Waals surface area contributed by atoms with Gasteiger partial charge in [-0.05, 0) is 19.1 Å². The number of benzene rings is 1. The Bertz CT molecular complexity index is 544. The normalized spacial score (nSPS) is 12.1. The topological polar surface area (TPSA) is 94.0 Å². The molecule has 0 aliphatic heterocycles. The van der Waals surface area contributed by atoms with E-state index in [9.17, 15) is 4.79 Å². The van der Waals surface area contributed by atoms with E-state index in [-0.39, 0.29) is 17.7 Å². The Hall–Kier alpha value is -1.86. The maximum absolute atomic E-state index is 11.9. The predicted molar refractivity (Wildman–Crippen MR) is 72.6 cm³/mol. The Morgan fingerprint density at radius 3 is 2.79 bits per heavy atom. The Kier molecular flexibility index (Phi) is 4.53. The summed E-state index contributed by atoms with van der Waals surface area (Å²) in [6.07, 6.45) is 0. The summed E-state index contributed by atoms with van der Waals surface area (Å²) in [6, 6.07) is 9.27. The maximum Gasteiger partial charge on any atom is 0.277 e. The first-order valence-corrected chi connectivity index (χ1v) is 6.62. The lowest BCUT2D eigenvalue weighted by atomic mass is 10.3. The molecule has 2 rings (SSSR count). The van der Waals surface area contributed by atoms with Crippen molar-refractivity contribution in [3.63, 3.8) is 0 Å². The van der Waals surface area contributed by atoms with Gasteiger partial charge in [-0.25, -0.2) is 0 Å². The monoisotopic (exact) mass is 278 g/mol. The van der Waals surface area contributed by atoms with Gasteiger partial charge in [0.15, 0.2) is 0 Å². The van der Waals surface area contributed by atoms with Crippen molar-refractivity contribution in [3.05, 3.63) is 36.2 Å². The lowest BCUT2D eigenvalue weighted by Gasteiger charge is -2.09. The third-order valence-electron chi connectivity index (χ3n) is 2.31. The van der Waals surface area contributed by atoms with Gasteiger partial charge >= 0.3 is 0 Å². The summed E-state index contributed by atoms with van der Waals surface area (Å²) >= 11 is 1.20. The Balaban J connectivity index is 1.92. The highest BCUT2D eigenvalue weighted by atomic mass is 32.2. The van der Waals surface area contributed by atoms with E-state index in [4.69, 9.17) is 10.2 Å². The first kappa shape index (κ1) is 13.6. The lowest BCUT2D eigenvalue weighted by Crippen LogP contribution is -2.22. The van der Waals surface area contributed by atoms with Crippen molar-refractivity contribution < 1.29 is 9.21 Å². The SMILES string of the molecule is CC(Sc1nnc(CN)o1)C(=O)Nc1ccccc1. The number of para-hydroxylation sites is 1. The molecule has 1 amide bonds. The van der Waals surface area contributed by atoms with Gasteiger partial charge in [-0.2, -0.15) is 0 Å². The molecule has 1 aromatic carbocycles. The second-order valence-electron chi connectivity index (χ2n) is 3.78. The fraction of sp³-hybridized carbons (Fsp3) is 0.250. The minimum atomic E-state index is -0.341. The molecule has 2 aromatic rings. The summed E-state index contributed by atoms with van der Waals surface area (Å²) in [5, 5.41) is 10.4. The first-order valence-electron chi connectivity index (χ1n) is 5.74. The second kappa shape index (κ2) is 6.35. The third kappa shape index (κ3) is 3.80. The van der Waals surface area contributed by atoms with E-state index >= 15 is 0 Å². The minimum Gasteiger partial charge on any atom is -0.415 e. The van der Waals surface area contributed by atoms with E-state index in [1.54, 1.807) is 6.92 Å². The van der Waals surface area contributed by atoms with Crippen LogP contribution in [-0.4, -0.2) is 21.4 Å². The summed E-state index contributed by atoms with van der Waals surface area (Å²) in [4.78, 5) is 11.9. The number of thioether (sulfide) groups is 1. The van der Waals surface area contributed by atoms with Crippen molar-refractivity contribution in [1.82, 2.24) is 10.2 Å². The molecule has 19 heavy (non-hydrogen) atoms. The number of rotatable bonds is 5. The molecule has 0 fully saturated rings. The molecule has 1 unspecified atom stereocenters. The fourth-order valence-electron chi connectivity index (χ4n) is 1.34. The van der Waals surface area contributed by atoms with E-state index in [1.807, 2.05) is 30.3 Å². The van der Waals surface area contributed by atoms with E-state index in [0.29, 0.717) is 11.1 Å². The van der Waals surface area contributed by atoms with E-state index in [2.05, 4.69) is 15.5 Å². The number of nitrogens with one attached hydrogen (secondary N) is 1. The fourth-order valence-corrected chi connectivity index (χ4v) is 2.04. The number of hydrogen-bond donors (Lipinski definition) is 2. The zero-order valence-electron chi connectivity index (χ0n) is 10.4. The Morgan fingerprint density at radius 2 is 2.16 bits per heavy atom. The van der Waals surface area contributed by atoms with E-state index < -0.39 is 0 Å². The molecule has 0 saturated carbocycles. The molecule has 100 valence electrons. The Morgan fingerprint density at radius 1 is 1.42 bits per heavy atom. The number of aromatic nitrogens is 2. The first-order chi connectivity index (χ1) is 9.19. The van der Waals surface area contributed by atoms with Crippen molar-refractivity contribution in [1.29, 1.82) is 0 Å². The van der Waals surface area contributed by atoms with Crippen LogP contribution in [0.25, 0.3) is 0 Å². The van der Waals surface area contributed by atoms with Gasteiger partial charge in [0.05, 0.1) is 11.8 Å². The number of amides is 1. The zero-order valence-corrected chi connectivity index (χ0v) is 11.2. The second-order valence-corrected chi connectivity index (χ2v) is 5.07. The number of nitrogens with two attached hydrogens (primary N) is 1. The van der Waals surface area contributed by atoms with Gasteiger partial charge in [-0.1, -0.05) is 30.0 Å². The molecule has 1 aromatic heterocycles. The van der Waals surface area contributed by atoms with E-state index in [1.165, 1.54) is 11.8 Å². The lowest BCUT2D eigenvalue weighted by molar-refractivity contribution is -0.115. The summed E-state index contributed by atoms with van der Waals surface area (Å²) in [5.74, 6) is 0.238. The van der Waals surface area contributed by atoms with Gasteiger partial charge in [0, 0.05) is 5.69 Å². The predicted octanol–water partition coefficient (Wildman–Crippen LogP) is 1.65. The van der Waals surface area contributed by atoms with Crippen molar-refractivity contribution in [2.24, 2.45) is 5.73 Å².